The van der Waals surface area contributed by atoms with Crippen molar-refractivity contribution in [1.29, 1.82) is 0 Å². The van der Waals surface area contributed by atoms with Gasteiger partial charge in [0.15, 0.2) is 5.82 Å². The molecule has 0 radical (unpaired) electrons. The molecule has 1 heterocycles. The van der Waals surface area contributed by atoms with E-state index in [9.17, 15) is 4.39 Å². The first kappa shape index (κ1) is 14.9. The van der Waals surface area contributed by atoms with Crippen LogP contribution in [0.5, 0.6) is 5.88 Å². The van der Waals surface area contributed by atoms with Gasteiger partial charge in [-0.3, -0.25) is 0 Å². The lowest BCUT2D eigenvalue weighted by molar-refractivity contribution is 0.0404. The summed E-state index contributed by atoms with van der Waals surface area (Å²) in [5.74, 6) is -0.498. The highest BCUT2D eigenvalue weighted by atomic mass is 19.1. The molecule has 0 fully saturated rings. The van der Waals surface area contributed by atoms with Gasteiger partial charge in [-0.05, 0) is 26.3 Å². The van der Waals surface area contributed by atoms with Gasteiger partial charge in [0.2, 0.25) is 0 Å². The van der Waals surface area contributed by atoms with E-state index in [4.69, 9.17) is 15.2 Å². The van der Waals surface area contributed by atoms with E-state index in [0.717, 1.165) is 6.42 Å². The summed E-state index contributed by atoms with van der Waals surface area (Å²) in [5.41, 5.74) is 6.44. The zero-order valence-corrected chi connectivity index (χ0v) is 11.1. The fraction of sp³-hybridized carbons (Fsp3) is 0.615. The van der Waals surface area contributed by atoms with Gasteiger partial charge >= 0.3 is 0 Å². The fourth-order valence-electron chi connectivity index (χ4n) is 1.82. The smallest absolute Gasteiger partial charge is 0.250 e. The standard InChI is InChI=1S/C13H21FN2O2/c1-4-10(17-5-2)12(15)9-7-8-16-13(11(9)14)18-6-3/h7-8,10,12H,4-6,15H2,1-3H3. The molecule has 1 aromatic heterocycles. The Balaban J connectivity index is 2.97. The van der Waals surface area contributed by atoms with E-state index in [1.807, 2.05) is 13.8 Å². The van der Waals surface area contributed by atoms with Crippen LogP contribution >= 0.6 is 0 Å². The van der Waals surface area contributed by atoms with Gasteiger partial charge in [0.25, 0.3) is 5.88 Å². The third kappa shape index (κ3) is 3.40. The first-order valence-electron chi connectivity index (χ1n) is 6.29. The molecule has 4 nitrogen and oxygen atoms in total. The molecule has 0 saturated heterocycles. The SMILES string of the molecule is CCOc1nccc(C(N)C(CC)OCC)c1F. The van der Waals surface area contributed by atoms with E-state index in [0.29, 0.717) is 18.8 Å². The maximum absolute atomic E-state index is 14.1. The van der Waals surface area contributed by atoms with Gasteiger partial charge < -0.3 is 15.2 Å². The second-order valence-electron chi connectivity index (χ2n) is 3.88. The van der Waals surface area contributed by atoms with Crippen LogP contribution in [0.25, 0.3) is 0 Å². The van der Waals surface area contributed by atoms with Gasteiger partial charge in [0, 0.05) is 18.4 Å². The van der Waals surface area contributed by atoms with Crippen LogP contribution in [0.3, 0.4) is 0 Å². The van der Waals surface area contributed by atoms with Gasteiger partial charge in [0.1, 0.15) is 0 Å². The zero-order chi connectivity index (χ0) is 13.5. The van der Waals surface area contributed by atoms with Crippen molar-refractivity contribution in [2.75, 3.05) is 13.2 Å². The number of hydrogen-bond donors (Lipinski definition) is 1. The van der Waals surface area contributed by atoms with Crippen LogP contribution < -0.4 is 10.5 Å². The van der Waals surface area contributed by atoms with E-state index in [1.165, 1.54) is 6.20 Å². The van der Waals surface area contributed by atoms with Gasteiger partial charge in [-0.2, -0.15) is 0 Å². The number of nitrogens with zero attached hydrogens (tertiary/aromatic N) is 1. The van der Waals surface area contributed by atoms with Crippen LogP contribution in [0.4, 0.5) is 4.39 Å². The largest absolute Gasteiger partial charge is 0.476 e. The maximum Gasteiger partial charge on any atom is 0.250 e. The lowest BCUT2D eigenvalue weighted by atomic mass is 10.0. The van der Waals surface area contributed by atoms with E-state index in [2.05, 4.69) is 4.98 Å². The molecule has 5 heteroatoms. The Bertz CT molecular complexity index is 374. The van der Waals surface area contributed by atoms with Crippen molar-refractivity contribution in [2.45, 2.75) is 39.3 Å². The van der Waals surface area contributed by atoms with Crippen LogP contribution in [0, 0.1) is 5.82 Å². The number of pyridine rings is 1. The van der Waals surface area contributed by atoms with E-state index < -0.39 is 11.9 Å². The summed E-state index contributed by atoms with van der Waals surface area (Å²) in [6, 6.07) is 1.06. The Morgan fingerprint density at radius 1 is 1.33 bits per heavy atom. The quantitative estimate of drug-likeness (QED) is 0.814. The number of rotatable bonds is 7. The highest BCUT2D eigenvalue weighted by Gasteiger charge is 2.23. The average Bonchev–Trinajstić information content (AvgIpc) is 2.38. The van der Waals surface area contributed by atoms with Crippen molar-refractivity contribution in [3.05, 3.63) is 23.6 Å². The lowest BCUT2D eigenvalue weighted by Gasteiger charge is -2.23. The summed E-state index contributed by atoms with van der Waals surface area (Å²) in [7, 11) is 0. The highest BCUT2D eigenvalue weighted by molar-refractivity contribution is 5.27. The Labute approximate surface area is 107 Å². The highest BCUT2D eigenvalue weighted by Crippen LogP contribution is 2.26. The number of nitrogens with two attached hydrogens (primary N) is 1. The first-order chi connectivity index (χ1) is 8.65. The van der Waals surface area contributed by atoms with Gasteiger partial charge in [-0.1, -0.05) is 6.92 Å². The van der Waals surface area contributed by atoms with Crippen molar-refractivity contribution < 1.29 is 13.9 Å². The number of halogens is 1. The fourth-order valence-corrected chi connectivity index (χ4v) is 1.82. The van der Waals surface area contributed by atoms with E-state index >= 15 is 0 Å². The summed E-state index contributed by atoms with van der Waals surface area (Å²) in [6.45, 7) is 6.55. The minimum atomic E-state index is -0.517. The van der Waals surface area contributed by atoms with Crippen LogP contribution in [0.1, 0.15) is 38.8 Å². The Kier molecular flexibility index (Phi) is 6.01. The van der Waals surface area contributed by atoms with E-state index in [1.54, 1.807) is 13.0 Å². The normalized spacial score (nSPS) is 14.3. The summed E-state index contributed by atoms with van der Waals surface area (Å²) in [6.07, 6.45) is 2.02. The molecule has 2 N–H and O–H groups in total. The van der Waals surface area contributed by atoms with Crippen LogP contribution in [0.2, 0.25) is 0 Å². The van der Waals surface area contributed by atoms with Gasteiger partial charge in [-0.25, -0.2) is 9.37 Å². The molecule has 2 unspecified atom stereocenters. The first-order valence-corrected chi connectivity index (χ1v) is 6.29. The van der Waals surface area contributed by atoms with Gasteiger partial charge in [-0.15, -0.1) is 0 Å². The summed E-state index contributed by atoms with van der Waals surface area (Å²) in [4.78, 5) is 3.85. The molecule has 0 aliphatic carbocycles. The number of hydrogen-bond acceptors (Lipinski definition) is 4. The molecular formula is C13H21FN2O2. The second-order valence-corrected chi connectivity index (χ2v) is 3.88. The van der Waals surface area contributed by atoms with Crippen molar-refractivity contribution in [3.8, 4) is 5.88 Å². The molecule has 102 valence electrons. The molecular weight excluding hydrogens is 235 g/mol. The number of ether oxygens (including phenoxy) is 2. The summed E-state index contributed by atoms with van der Waals surface area (Å²) in [5, 5.41) is 0. The lowest BCUT2D eigenvalue weighted by Crippen LogP contribution is -2.29. The van der Waals surface area contributed by atoms with Gasteiger partial charge in [0.05, 0.1) is 18.8 Å². The molecule has 0 aromatic carbocycles. The minimum absolute atomic E-state index is 0.00296. The summed E-state index contributed by atoms with van der Waals surface area (Å²) < 4.78 is 24.8. The second kappa shape index (κ2) is 7.28. The molecule has 0 spiro atoms. The third-order valence-corrected chi connectivity index (χ3v) is 2.71. The molecule has 0 bridgehead atoms. The zero-order valence-electron chi connectivity index (χ0n) is 11.1. The predicted molar refractivity (Wildman–Crippen MR) is 68.0 cm³/mol. The maximum atomic E-state index is 14.1. The molecule has 0 saturated carbocycles. The van der Waals surface area contributed by atoms with Crippen molar-refractivity contribution in [2.24, 2.45) is 5.73 Å². The topological polar surface area (TPSA) is 57.4 Å². The number of aromatic nitrogens is 1. The van der Waals surface area contributed by atoms with Crippen LogP contribution in [0.15, 0.2) is 12.3 Å². The molecule has 0 amide bonds. The van der Waals surface area contributed by atoms with Crippen LogP contribution in [-0.4, -0.2) is 24.3 Å². The Morgan fingerprint density at radius 3 is 2.61 bits per heavy atom. The Morgan fingerprint density at radius 2 is 2.06 bits per heavy atom. The molecule has 1 rings (SSSR count). The molecule has 0 aliphatic heterocycles. The van der Waals surface area contributed by atoms with Crippen molar-refractivity contribution in [3.63, 3.8) is 0 Å². The third-order valence-electron chi connectivity index (χ3n) is 2.71. The van der Waals surface area contributed by atoms with Crippen molar-refractivity contribution >= 4 is 0 Å². The predicted octanol–water partition coefficient (Wildman–Crippen LogP) is 2.43. The summed E-state index contributed by atoms with van der Waals surface area (Å²) >= 11 is 0. The van der Waals surface area contributed by atoms with Crippen LogP contribution in [-0.2, 0) is 4.74 Å². The minimum Gasteiger partial charge on any atom is -0.476 e. The van der Waals surface area contributed by atoms with Crippen molar-refractivity contribution in [1.82, 2.24) is 4.98 Å². The molecule has 2 atom stereocenters. The monoisotopic (exact) mass is 256 g/mol. The van der Waals surface area contributed by atoms with E-state index in [-0.39, 0.29) is 12.0 Å². The molecule has 18 heavy (non-hydrogen) atoms. The Hall–Kier alpha value is -1.20. The average molecular weight is 256 g/mol. The molecule has 1 aromatic rings. The molecule has 0 aliphatic rings.